The second kappa shape index (κ2) is 5.60. The maximum Gasteiger partial charge on any atom is 0.277 e. The SMILES string of the molecule is COCCN1C(=O)/C(=C/c2ccccc2)N=C1C. The number of carbonyl (C=O) groups is 1. The molecule has 4 heteroatoms. The molecule has 0 unspecified atom stereocenters. The Morgan fingerprint density at radius 3 is 2.72 bits per heavy atom. The van der Waals surface area contributed by atoms with Crippen molar-refractivity contribution >= 4 is 17.8 Å². The first kappa shape index (κ1) is 12.5. The molecular formula is C14H16N2O2. The first-order valence-corrected chi connectivity index (χ1v) is 5.85. The maximum atomic E-state index is 12.1. The molecule has 2 rings (SSSR count). The Hall–Kier alpha value is -1.94. The molecule has 4 nitrogen and oxygen atoms in total. The van der Waals surface area contributed by atoms with Crippen LogP contribution in [-0.4, -0.2) is 36.9 Å². The van der Waals surface area contributed by atoms with Gasteiger partial charge in [-0.3, -0.25) is 9.69 Å². The Balaban J connectivity index is 2.18. The third-order valence-electron chi connectivity index (χ3n) is 2.76. The van der Waals surface area contributed by atoms with E-state index in [9.17, 15) is 4.79 Å². The normalized spacial score (nSPS) is 17.4. The second-order valence-corrected chi connectivity index (χ2v) is 4.05. The van der Waals surface area contributed by atoms with Gasteiger partial charge in [-0.2, -0.15) is 0 Å². The summed E-state index contributed by atoms with van der Waals surface area (Å²) in [5, 5.41) is 0. The second-order valence-electron chi connectivity index (χ2n) is 4.05. The average molecular weight is 244 g/mol. The number of amides is 1. The van der Waals surface area contributed by atoms with Gasteiger partial charge in [0.05, 0.1) is 13.2 Å². The lowest BCUT2D eigenvalue weighted by atomic mass is 10.2. The minimum atomic E-state index is -0.0617. The number of benzene rings is 1. The van der Waals surface area contributed by atoms with Crippen LogP contribution in [0.5, 0.6) is 0 Å². The van der Waals surface area contributed by atoms with Crippen molar-refractivity contribution in [3.8, 4) is 0 Å². The number of hydrogen-bond acceptors (Lipinski definition) is 3. The first-order valence-electron chi connectivity index (χ1n) is 5.85. The fraction of sp³-hybridized carbons (Fsp3) is 0.286. The van der Waals surface area contributed by atoms with Crippen LogP contribution in [0.2, 0.25) is 0 Å². The Bertz CT molecular complexity index is 492. The molecule has 1 aromatic rings. The zero-order chi connectivity index (χ0) is 13.0. The molecule has 0 atom stereocenters. The van der Waals surface area contributed by atoms with Gasteiger partial charge in [-0.05, 0) is 18.6 Å². The molecule has 0 N–H and O–H groups in total. The summed E-state index contributed by atoms with van der Waals surface area (Å²) in [7, 11) is 1.62. The van der Waals surface area contributed by atoms with E-state index >= 15 is 0 Å². The van der Waals surface area contributed by atoms with Gasteiger partial charge in [0.15, 0.2) is 0 Å². The van der Waals surface area contributed by atoms with E-state index in [1.54, 1.807) is 18.1 Å². The number of nitrogens with zero attached hydrogens (tertiary/aromatic N) is 2. The zero-order valence-corrected chi connectivity index (χ0v) is 10.6. The third kappa shape index (κ3) is 2.65. The Morgan fingerprint density at radius 2 is 2.06 bits per heavy atom. The standard InChI is InChI=1S/C14H16N2O2/c1-11-15-13(10-12-6-4-3-5-7-12)14(17)16(11)8-9-18-2/h3-7,10H,8-9H2,1-2H3/b13-10-. The number of aliphatic imine (C=N–C) groups is 1. The van der Waals surface area contributed by atoms with E-state index in [0.717, 1.165) is 11.4 Å². The lowest BCUT2D eigenvalue weighted by Gasteiger charge is -2.14. The largest absolute Gasteiger partial charge is 0.383 e. The molecule has 94 valence electrons. The van der Waals surface area contributed by atoms with Crippen molar-refractivity contribution in [2.45, 2.75) is 6.92 Å². The molecule has 0 bridgehead atoms. The predicted octanol–water partition coefficient (Wildman–Crippen LogP) is 1.93. The summed E-state index contributed by atoms with van der Waals surface area (Å²) in [6.07, 6.45) is 1.80. The molecular weight excluding hydrogens is 228 g/mol. The molecule has 0 radical (unpaired) electrons. The summed E-state index contributed by atoms with van der Waals surface area (Å²) in [4.78, 5) is 18.0. The number of ether oxygens (including phenoxy) is 1. The minimum absolute atomic E-state index is 0.0617. The summed E-state index contributed by atoms with van der Waals surface area (Å²) < 4.78 is 4.99. The van der Waals surface area contributed by atoms with E-state index in [0.29, 0.717) is 18.8 Å². The van der Waals surface area contributed by atoms with Crippen LogP contribution in [0.15, 0.2) is 41.0 Å². The van der Waals surface area contributed by atoms with E-state index in [1.807, 2.05) is 37.3 Å². The maximum absolute atomic E-state index is 12.1. The minimum Gasteiger partial charge on any atom is -0.383 e. The van der Waals surface area contributed by atoms with Crippen LogP contribution in [0.1, 0.15) is 12.5 Å². The molecule has 18 heavy (non-hydrogen) atoms. The van der Waals surface area contributed by atoms with Crippen LogP contribution < -0.4 is 0 Å². The number of amidine groups is 1. The van der Waals surface area contributed by atoms with Crippen molar-refractivity contribution in [3.63, 3.8) is 0 Å². The first-order chi connectivity index (χ1) is 8.72. The number of hydrogen-bond donors (Lipinski definition) is 0. The van der Waals surface area contributed by atoms with Gasteiger partial charge in [0.1, 0.15) is 11.5 Å². The van der Waals surface area contributed by atoms with Gasteiger partial charge in [0, 0.05) is 7.11 Å². The van der Waals surface area contributed by atoms with E-state index in [2.05, 4.69) is 4.99 Å². The highest BCUT2D eigenvalue weighted by Gasteiger charge is 2.26. The third-order valence-corrected chi connectivity index (χ3v) is 2.76. The van der Waals surface area contributed by atoms with Gasteiger partial charge in [-0.15, -0.1) is 0 Å². The van der Waals surface area contributed by atoms with E-state index in [-0.39, 0.29) is 5.91 Å². The van der Waals surface area contributed by atoms with Crippen molar-refractivity contribution < 1.29 is 9.53 Å². The molecule has 1 aliphatic heterocycles. The lowest BCUT2D eigenvalue weighted by molar-refractivity contribution is -0.123. The van der Waals surface area contributed by atoms with Gasteiger partial charge >= 0.3 is 0 Å². The van der Waals surface area contributed by atoms with Crippen LogP contribution in [0, 0.1) is 0 Å². The molecule has 1 heterocycles. The summed E-state index contributed by atoms with van der Waals surface area (Å²) in [5.74, 6) is 0.660. The van der Waals surface area contributed by atoms with Crippen molar-refractivity contribution in [2.75, 3.05) is 20.3 Å². The fourth-order valence-electron chi connectivity index (χ4n) is 1.81. The molecule has 0 aliphatic carbocycles. The monoisotopic (exact) mass is 244 g/mol. The predicted molar refractivity (Wildman–Crippen MR) is 71.1 cm³/mol. The highest BCUT2D eigenvalue weighted by atomic mass is 16.5. The van der Waals surface area contributed by atoms with Gasteiger partial charge in [0.25, 0.3) is 5.91 Å². The molecule has 0 saturated carbocycles. The smallest absolute Gasteiger partial charge is 0.277 e. The Labute approximate surface area is 107 Å². The topological polar surface area (TPSA) is 41.9 Å². The van der Waals surface area contributed by atoms with Crippen LogP contribution in [0.4, 0.5) is 0 Å². The molecule has 0 saturated heterocycles. The van der Waals surface area contributed by atoms with Crippen LogP contribution in [0.25, 0.3) is 6.08 Å². The van der Waals surface area contributed by atoms with Gasteiger partial charge in [-0.1, -0.05) is 30.3 Å². The van der Waals surface area contributed by atoms with E-state index in [4.69, 9.17) is 4.74 Å². The van der Waals surface area contributed by atoms with Gasteiger partial charge in [-0.25, -0.2) is 4.99 Å². The molecule has 0 aromatic heterocycles. The summed E-state index contributed by atoms with van der Waals surface area (Å²) in [6, 6.07) is 9.71. The summed E-state index contributed by atoms with van der Waals surface area (Å²) in [5.41, 5.74) is 1.46. The fourth-order valence-corrected chi connectivity index (χ4v) is 1.81. The number of methoxy groups -OCH3 is 1. The van der Waals surface area contributed by atoms with Crippen molar-refractivity contribution in [3.05, 3.63) is 41.6 Å². The van der Waals surface area contributed by atoms with Crippen LogP contribution in [0.3, 0.4) is 0 Å². The number of rotatable bonds is 4. The molecule has 1 amide bonds. The van der Waals surface area contributed by atoms with Crippen LogP contribution >= 0.6 is 0 Å². The number of carbonyl (C=O) groups excluding carboxylic acids is 1. The summed E-state index contributed by atoms with van der Waals surface area (Å²) >= 11 is 0. The zero-order valence-electron chi connectivity index (χ0n) is 10.6. The highest BCUT2D eigenvalue weighted by molar-refractivity contribution is 6.13. The van der Waals surface area contributed by atoms with Crippen molar-refractivity contribution in [2.24, 2.45) is 4.99 Å². The Kier molecular flexibility index (Phi) is 3.89. The molecule has 1 aromatic carbocycles. The molecule has 0 fully saturated rings. The average Bonchev–Trinajstić information content (AvgIpc) is 2.64. The molecule has 0 spiro atoms. The van der Waals surface area contributed by atoms with E-state index in [1.165, 1.54) is 0 Å². The van der Waals surface area contributed by atoms with Crippen molar-refractivity contribution in [1.29, 1.82) is 0 Å². The van der Waals surface area contributed by atoms with Crippen LogP contribution in [-0.2, 0) is 9.53 Å². The Morgan fingerprint density at radius 1 is 1.33 bits per heavy atom. The quantitative estimate of drug-likeness (QED) is 0.759. The highest BCUT2D eigenvalue weighted by Crippen LogP contribution is 2.17. The van der Waals surface area contributed by atoms with Gasteiger partial charge < -0.3 is 4.74 Å². The van der Waals surface area contributed by atoms with Crippen molar-refractivity contribution in [1.82, 2.24) is 4.90 Å². The summed E-state index contributed by atoms with van der Waals surface area (Å²) in [6.45, 7) is 2.88. The van der Waals surface area contributed by atoms with E-state index < -0.39 is 0 Å². The lowest BCUT2D eigenvalue weighted by Crippen LogP contribution is -2.33. The van der Waals surface area contributed by atoms with Gasteiger partial charge in [0.2, 0.25) is 0 Å². The molecule has 1 aliphatic rings.